The van der Waals surface area contributed by atoms with Gasteiger partial charge in [0.2, 0.25) is 5.91 Å². The monoisotopic (exact) mass is 224 g/mol. The van der Waals surface area contributed by atoms with Gasteiger partial charge in [-0.15, -0.1) is 0 Å². The smallest absolute Gasteiger partial charge is 0.225 e. The Balaban J connectivity index is 1.79. The zero-order valence-corrected chi connectivity index (χ0v) is 10.1. The number of hydrogen-bond donors (Lipinski definition) is 0. The molecule has 0 aromatic heterocycles. The average molecular weight is 224 g/mol. The molecule has 90 valence electrons. The Morgan fingerprint density at radius 2 is 1.62 bits per heavy atom. The minimum Gasteiger partial charge on any atom is -0.341 e. The number of likely N-dealkylation sites (tertiary alicyclic amines) is 2. The first kappa shape index (κ1) is 11.6. The van der Waals surface area contributed by atoms with Gasteiger partial charge in [0.05, 0.1) is 5.92 Å². The first-order valence-corrected chi connectivity index (χ1v) is 6.05. The van der Waals surface area contributed by atoms with Gasteiger partial charge >= 0.3 is 0 Å². The third-order valence-corrected chi connectivity index (χ3v) is 3.84. The molecule has 4 nitrogen and oxygen atoms in total. The molecule has 2 rings (SSSR count). The Morgan fingerprint density at radius 1 is 1.06 bits per heavy atom. The fourth-order valence-electron chi connectivity index (χ4n) is 2.43. The molecule has 2 saturated heterocycles. The van der Waals surface area contributed by atoms with Crippen LogP contribution in [0.2, 0.25) is 0 Å². The molecule has 0 saturated carbocycles. The zero-order valence-electron chi connectivity index (χ0n) is 10.1. The maximum Gasteiger partial charge on any atom is 0.225 e. The molecule has 2 fully saturated rings. The average Bonchev–Trinajstić information content (AvgIpc) is 2.15. The minimum atomic E-state index is 0.107. The molecule has 16 heavy (non-hydrogen) atoms. The number of piperidine rings is 1. The number of amides is 1. The molecule has 2 aliphatic rings. The summed E-state index contributed by atoms with van der Waals surface area (Å²) in [5, 5.41) is 0. The van der Waals surface area contributed by atoms with Crippen molar-refractivity contribution in [3.63, 3.8) is 0 Å². The van der Waals surface area contributed by atoms with Gasteiger partial charge < -0.3 is 9.80 Å². The third kappa shape index (κ3) is 2.26. The second kappa shape index (κ2) is 4.53. The van der Waals surface area contributed by atoms with Crippen LogP contribution in [0.15, 0.2) is 0 Å². The van der Waals surface area contributed by atoms with Crippen LogP contribution in [0.4, 0.5) is 0 Å². The van der Waals surface area contributed by atoms with Crippen LogP contribution < -0.4 is 0 Å². The van der Waals surface area contributed by atoms with E-state index in [1.54, 1.807) is 6.92 Å². The van der Waals surface area contributed by atoms with Crippen molar-refractivity contribution < 1.29 is 9.59 Å². The normalized spacial score (nSPS) is 24.2. The highest BCUT2D eigenvalue weighted by atomic mass is 16.2. The number of hydrogen-bond acceptors (Lipinski definition) is 3. The molecule has 0 spiro atoms. The maximum absolute atomic E-state index is 12.1. The topological polar surface area (TPSA) is 40.6 Å². The van der Waals surface area contributed by atoms with E-state index in [4.69, 9.17) is 0 Å². The fourth-order valence-corrected chi connectivity index (χ4v) is 2.43. The van der Waals surface area contributed by atoms with Gasteiger partial charge in [-0.1, -0.05) is 0 Å². The van der Waals surface area contributed by atoms with Crippen LogP contribution in [0.3, 0.4) is 0 Å². The number of Topliss-reactive ketones (excluding diaryl/α,β-unsaturated/α-hetero) is 1. The molecule has 0 aromatic rings. The van der Waals surface area contributed by atoms with Crippen molar-refractivity contribution in [2.45, 2.75) is 19.8 Å². The predicted molar refractivity (Wildman–Crippen MR) is 61.0 cm³/mol. The van der Waals surface area contributed by atoms with E-state index in [0.29, 0.717) is 13.1 Å². The minimum absolute atomic E-state index is 0.107. The number of ketones is 1. The first-order chi connectivity index (χ1) is 7.58. The number of nitrogens with zero attached hydrogens (tertiary/aromatic N) is 2. The Kier molecular flexibility index (Phi) is 3.28. The van der Waals surface area contributed by atoms with Crippen molar-refractivity contribution >= 4 is 11.7 Å². The largest absolute Gasteiger partial charge is 0.341 e. The second-order valence-corrected chi connectivity index (χ2v) is 5.13. The number of rotatable bonds is 2. The zero-order chi connectivity index (χ0) is 11.7. The molecule has 0 aromatic carbocycles. The molecular formula is C12H20N2O2. The molecule has 0 unspecified atom stereocenters. The fraction of sp³-hybridized carbons (Fsp3) is 0.833. The second-order valence-electron chi connectivity index (χ2n) is 5.13. The summed E-state index contributed by atoms with van der Waals surface area (Å²) in [5.74, 6) is 0.789. The van der Waals surface area contributed by atoms with Gasteiger partial charge in [0.1, 0.15) is 5.78 Å². The van der Waals surface area contributed by atoms with E-state index < -0.39 is 0 Å². The molecule has 0 aliphatic carbocycles. The lowest BCUT2D eigenvalue weighted by molar-refractivity contribution is -0.146. The third-order valence-electron chi connectivity index (χ3n) is 3.84. The van der Waals surface area contributed by atoms with Crippen molar-refractivity contribution in [1.82, 2.24) is 9.80 Å². The van der Waals surface area contributed by atoms with Gasteiger partial charge in [0, 0.05) is 19.0 Å². The lowest BCUT2D eigenvalue weighted by Gasteiger charge is -2.41. The van der Waals surface area contributed by atoms with E-state index in [9.17, 15) is 9.59 Å². The molecule has 1 amide bonds. The summed E-state index contributed by atoms with van der Waals surface area (Å²) >= 11 is 0. The van der Waals surface area contributed by atoms with Crippen LogP contribution in [0.1, 0.15) is 19.8 Å². The van der Waals surface area contributed by atoms with Crippen molar-refractivity contribution in [2.24, 2.45) is 11.8 Å². The molecular weight excluding hydrogens is 204 g/mol. The van der Waals surface area contributed by atoms with Crippen molar-refractivity contribution in [3.8, 4) is 0 Å². The van der Waals surface area contributed by atoms with Crippen LogP contribution >= 0.6 is 0 Å². The van der Waals surface area contributed by atoms with Crippen LogP contribution in [0.5, 0.6) is 0 Å². The Morgan fingerprint density at radius 3 is 2.12 bits per heavy atom. The van der Waals surface area contributed by atoms with E-state index in [-0.39, 0.29) is 23.5 Å². The summed E-state index contributed by atoms with van der Waals surface area (Å²) < 4.78 is 0. The highest BCUT2D eigenvalue weighted by molar-refractivity contribution is 5.85. The van der Waals surface area contributed by atoms with Gasteiger partial charge in [-0.2, -0.15) is 0 Å². The summed E-state index contributed by atoms with van der Waals surface area (Å²) in [5.41, 5.74) is 0. The van der Waals surface area contributed by atoms with Gasteiger partial charge in [0.25, 0.3) is 0 Å². The van der Waals surface area contributed by atoms with E-state index in [1.807, 2.05) is 4.90 Å². The molecule has 2 aliphatic heterocycles. The van der Waals surface area contributed by atoms with E-state index in [0.717, 1.165) is 25.9 Å². The summed E-state index contributed by atoms with van der Waals surface area (Å²) in [6, 6.07) is 0. The van der Waals surface area contributed by atoms with Gasteiger partial charge in [-0.05, 0) is 39.9 Å². The highest BCUT2D eigenvalue weighted by Gasteiger charge is 2.37. The predicted octanol–water partition coefficient (Wildman–Crippen LogP) is 0.376. The van der Waals surface area contributed by atoms with Crippen LogP contribution in [0.25, 0.3) is 0 Å². The van der Waals surface area contributed by atoms with Crippen LogP contribution in [-0.4, -0.2) is 54.7 Å². The van der Waals surface area contributed by atoms with Crippen LogP contribution in [-0.2, 0) is 9.59 Å². The summed E-state index contributed by atoms with van der Waals surface area (Å²) in [6.07, 6.45) is 1.94. The SMILES string of the molecule is CC(=O)C1CN(C(=O)C2CCN(C)CC2)C1. The molecule has 0 N–H and O–H groups in total. The molecule has 0 bridgehead atoms. The standard InChI is InChI=1S/C12H20N2O2/c1-9(15)11-7-14(8-11)12(16)10-3-5-13(2)6-4-10/h10-11H,3-8H2,1-2H3. The summed E-state index contributed by atoms with van der Waals surface area (Å²) in [7, 11) is 2.09. The lowest BCUT2D eigenvalue weighted by Crippen LogP contribution is -2.55. The van der Waals surface area contributed by atoms with Gasteiger partial charge in [-0.25, -0.2) is 0 Å². The molecule has 2 heterocycles. The molecule has 4 heteroatoms. The molecule has 0 radical (unpaired) electrons. The first-order valence-electron chi connectivity index (χ1n) is 6.05. The quantitative estimate of drug-likeness (QED) is 0.680. The van der Waals surface area contributed by atoms with E-state index in [1.165, 1.54) is 0 Å². The Labute approximate surface area is 96.6 Å². The summed E-state index contributed by atoms with van der Waals surface area (Å²) in [6.45, 7) is 4.95. The Bertz CT molecular complexity index is 289. The number of carbonyl (C=O) groups excluding carboxylic acids is 2. The van der Waals surface area contributed by atoms with Crippen LogP contribution in [0, 0.1) is 11.8 Å². The summed E-state index contributed by atoms with van der Waals surface area (Å²) in [4.78, 5) is 27.2. The van der Waals surface area contributed by atoms with E-state index >= 15 is 0 Å². The van der Waals surface area contributed by atoms with Crippen molar-refractivity contribution in [1.29, 1.82) is 0 Å². The lowest BCUT2D eigenvalue weighted by atomic mass is 9.90. The number of carbonyl (C=O) groups is 2. The van der Waals surface area contributed by atoms with Gasteiger partial charge in [0.15, 0.2) is 0 Å². The Hall–Kier alpha value is -0.900. The highest BCUT2D eigenvalue weighted by Crippen LogP contribution is 2.24. The van der Waals surface area contributed by atoms with Crippen molar-refractivity contribution in [3.05, 3.63) is 0 Å². The maximum atomic E-state index is 12.1. The molecule has 0 atom stereocenters. The van der Waals surface area contributed by atoms with E-state index in [2.05, 4.69) is 11.9 Å². The van der Waals surface area contributed by atoms with Crippen molar-refractivity contribution in [2.75, 3.05) is 33.2 Å². The van der Waals surface area contributed by atoms with Gasteiger partial charge in [-0.3, -0.25) is 9.59 Å².